The van der Waals surface area contributed by atoms with Crippen LogP contribution in [0.2, 0.25) is 0 Å². The molecule has 5 fully saturated rings. The smallest absolute Gasteiger partial charge is 0.309 e. The lowest BCUT2D eigenvalue weighted by atomic mass is 9.43. The maximum Gasteiger partial charge on any atom is 0.309 e. The molecule has 2 heterocycles. The minimum atomic E-state index is -1.48. The van der Waals surface area contributed by atoms with Gasteiger partial charge in [0.15, 0.2) is 5.78 Å². The van der Waals surface area contributed by atoms with Crippen LogP contribution in [-0.4, -0.2) is 63.0 Å². The first-order valence-corrected chi connectivity index (χ1v) is 14.4. The van der Waals surface area contributed by atoms with Crippen molar-refractivity contribution in [2.75, 3.05) is 0 Å². The minimum absolute atomic E-state index is 0.0379. The molecule has 3 saturated carbocycles. The van der Waals surface area contributed by atoms with E-state index < -0.39 is 51.7 Å². The first-order chi connectivity index (χ1) is 17.6. The van der Waals surface area contributed by atoms with E-state index in [4.69, 9.17) is 14.2 Å². The molecule has 0 amide bonds. The Morgan fingerprint density at radius 3 is 2.53 bits per heavy atom. The van der Waals surface area contributed by atoms with Crippen molar-refractivity contribution in [3.63, 3.8) is 0 Å². The maximum atomic E-state index is 13.5. The van der Waals surface area contributed by atoms with Crippen LogP contribution in [0.3, 0.4) is 0 Å². The summed E-state index contributed by atoms with van der Waals surface area (Å²) in [7, 11) is 0. The Balaban J connectivity index is 1.41. The van der Waals surface area contributed by atoms with Crippen LogP contribution >= 0.6 is 0 Å². The van der Waals surface area contributed by atoms with Gasteiger partial charge in [-0.25, -0.2) is 0 Å². The van der Waals surface area contributed by atoms with E-state index in [1.807, 2.05) is 33.8 Å². The topological polar surface area (TPSA) is 123 Å². The van der Waals surface area contributed by atoms with Gasteiger partial charge in [0, 0.05) is 18.3 Å². The Labute approximate surface area is 224 Å². The molecule has 6 aliphatic rings. The molecular weight excluding hydrogens is 488 g/mol. The van der Waals surface area contributed by atoms with Crippen LogP contribution in [0.25, 0.3) is 0 Å². The highest BCUT2D eigenvalue weighted by Crippen LogP contribution is 2.74. The molecule has 0 aromatic carbocycles. The molecular formula is C30H42O8. The number of aliphatic hydroxyl groups is 2. The van der Waals surface area contributed by atoms with E-state index in [9.17, 15) is 24.6 Å². The third-order valence-corrected chi connectivity index (χ3v) is 12.5. The number of ether oxygens (including phenoxy) is 3. The zero-order valence-corrected chi connectivity index (χ0v) is 23.4. The van der Waals surface area contributed by atoms with E-state index in [1.165, 1.54) is 6.92 Å². The Morgan fingerprint density at radius 1 is 1.16 bits per heavy atom. The monoisotopic (exact) mass is 530 g/mol. The number of carbonyl (C=O) groups excluding carboxylic acids is 3. The zero-order valence-electron chi connectivity index (χ0n) is 23.4. The number of allylic oxidation sites excluding steroid dienone is 1. The lowest BCUT2D eigenvalue weighted by molar-refractivity contribution is -0.245. The van der Waals surface area contributed by atoms with Gasteiger partial charge in [0.25, 0.3) is 0 Å². The van der Waals surface area contributed by atoms with Gasteiger partial charge in [0.2, 0.25) is 0 Å². The number of fused-ring (bicyclic) bond motifs is 4. The summed E-state index contributed by atoms with van der Waals surface area (Å²) in [5.41, 5.74) is -5.05. The number of ketones is 1. The van der Waals surface area contributed by atoms with Crippen molar-refractivity contribution in [2.45, 2.75) is 115 Å². The molecule has 3 unspecified atom stereocenters. The second kappa shape index (κ2) is 7.91. The first-order valence-electron chi connectivity index (χ1n) is 14.4. The van der Waals surface area contributed by atoms with Gasteiger partial charge in [0.05, 0.1) is 17.4 Å². The summed E-state index contributed by atoms with van der Waals surface area (Å²) in [6, 6.07) is 0. The third kappa shape index (κ3) is 3.00. The molecule has 8 nitrogen and oxygen atoms in total. The summed E-state index contributed by atoms with van der Waals surface area (Å²) in [6.45, 7) is 10.9. The number of esters is 2. The van der Waals surface area contributed by atoms with Gasteiger partial charge in [-0.1, -0.05) is 26.8 Å². The van der Waals surface area contributed by atoms with Crippen LogP contribution in [-0.2, 0) is 28.6 Å². The van der Waals surface area contributed by atoms with E-state index in [0.717, 1.165) is 0 Å². The van der Waals surface area contributed by atoms with Gasteiger partial charge < -0.3 is 24.4 Å². The largest absolute Gasteiger partial charge is 0.459 e. The quantitative estimate of drug-likeness (QED) is 0.422. The average molecular weight is 531 g/mol. The van der Waals surface area contributed by atoms with Gasteiger partial charge in [-0.2, -0.15) is 0 Å². The standard InChI is InChI=1S/C30H42O8/c1-15-12-22(37-25(33)16(15)2)28(6,34)20-14-24(36-17(3)31)30(35)19-13-23-29(38-23)10-7-8-21(32)27(29,5)18(19)9-11-26(20,30)4/h7-8,15-16,18-20,22-24,34-35H,9-14H2,1-6H3/t15-,16?,18-,19+,20-,22?,23+,24?,26+,27-,28+,29+,30+/m0/s1. The lowest BCUT2D eigenvalue weighted by Gasteiger charge is -2.62. The van der Waals surface area contributed by atoms with E-state index in [0.29, 0.717) is 32.1 Å². The van der Waals surface area contributed by atoms with E-state index >= 15 is 0 Å². The highest BCUT2D eigenvalue weighted by atomic mass is 16.6. The van der Waals surface area contributed by atoms with Gasteiger partial charge in [0.1, 0.15) is 29.0 Å². The predicted molar refractivity (Wildman–Crippen MR) is 135 cm³/mol. The van der Waals surface area contributed by atoms with Crippen molar-refractivity contribution in [3.8, 4) is 0 Å². The fraction of sp³-hybridized carbons (Fsp3) is 0.833. The van der Waals surface area contributed by atoms with E-state index in [1.54, 1.807) is 13.0 Å². The number of rotatable bonds is 3. The molecule has 2 N–H and O–H groups in total. The first kappa shape index (κ1) is 26.5. The summed E-state index contributed by atoms with van der Waals surface area (Å²) < 4.78 is 18.0. The highest BCUT2D eigenvalue weighted by Gasteiger charge is 2.82. The number of carbonyl (C=O) groups is 3. The Hall–Kier alpha value is -1.77. The van der Waals surface area contributed by atoms with Crippen LogP contribution in [0.5, 0.6) is 0 Å². The van der Waals surface area contributed by atoms with Crippen LogP contribution in [0.1, 0.15) is 80.1 Å². The third-order valence-electron chi connectivity index (χ3n) is 12.5. The fourth-order valence-electron chi connectivity index (χ4n) is 9.97. The number of cyclic esters (lactones) is 1. The van der Waals surface area contributed by atoms with Gasteiger partial charge in [-0.3, -0.25) is 14.4 Å². The molecule has 6 rings (SSSR count). The molecule has 2 saturated heterocycles. The number of epoxide rings is 1. The predicted octanol–water partition coefficient (Wildman–Crippen LogP) is 3.12. The maximum absolute atomic E-state index is 13.5. The molecule has 210 valence electrons. The Kier molecular flexibility index (Phi) is 5.51. The summed E-state index contributed by atoms with van der Waals surface area (Å²) in [4.78, 5) is 38.4. The average Bonchev–Trinajstić information content (AvgIpc) is 3.49. The Bertz CT molecular complexity index is 1110. The molecule has 38 heavy (non-hydrogen) atoms. The van der Waals surface area contributed by atoms with Gasteiger partial charge >= 0.3 is 11.9 Å². The molecule has 13 atom stereocenters. The summed E-state index contributed by atoms with van der Waals surface area (Å²) in [5.74, 6) is -1.96. The minimum Gasteiger partial charge on any atom is -0.459 e. The molecule has 0 radical (unpaired) electrons. The molecule has 1 spiro atoms. The molecule has 0 aromatic heterocycles. The second-order valence-corrected chi connectivity index (χ2v) is 13.9. The molecule has 4 aliphatic carbocycles. The normalized spacial score (nSPS) is 54.5. The van der Waals surface area contributed by atoms with Gasteiger partial charge in [-0.15, -0.1) is 0 Å². The van der Waals surface area contributed by atoms with Crippen molar-refractivity contribution >= 4 is 17.7 Å². The lowest BCUT2D eigenvalue weighted by Crippen LogP contribution is -2.69. The molecule has 8 heteroatoms. The summed E-state index contributed by atoms with van der Waals surface area (Å²) in [5, 5.41) is 25.0. The van der Waals surface area contributed by atoms with Crippen molar-refractivity contribution < 1.29 is 38.8 Å². The molecule has 0 bridgehead atoms. The van der Waals surface area contributed by atoms with Crippen molar-refractivity contribution in [2.24, 2.45) is 40.4 Å². The van der Waals surface area contributed by atoms with Crippen molar-refractivity contribution in [3.05, 3.63) is 12.2 Å². The van der Waals surface area contributed by atoms with Gasteiger partial charge in [-0.05, 0) is 76.2 Å². The Morgan fingerprint density at radius 2 is 1.87 bits per heavy atom. The van der Waals surface area contributed by atoms with Crippen LogP contribution in [0.4, 0.5) is 0 Å². The summed E-state index contributed by atoms with van der Waals surface area (Å²) >= 11 is 0. The zero-order chi connectivity index (χ0) is 27.6. The fourth-order valence-corrected chi connectivity index (χ4v) is 9.97. The molecule has 0 aromatic rings. The number of hydrogen-bond acceptors (Lipinski definition) is 8. The SMILES string of the molecule is CC(=O)OC1C[C@H]([C@@](C)(O)C2C[C@H](C)C(C)C(=O)O2)[C@@]2(C)CC[C@H]3[C@@H](C[C@H]4O[C@]45CC=CC(=O)[C@]35C)[C@@]12O. The molecule has 2 aliphatic heterocycles. The number of hydrogen-bond donors (Lipinski definition) is 2. The van der Waals surface area contributed by atoms with E-state index in [2.05, 4.69) is 0 Å². The summed E-state index contributed by atoms with van der Waals surface area (Å²) in [6.07, 6.45) is 5.11. The highest BCUT2D eigenvalue weighted by molar-refractivity contribution is 5.97. The van der Waals surface area contributed by atoms with Crippen molar-refractivity contribution in [1.82, 2.24) is 0 Å². The van der Waals surface area contributed by atoms with Crippen LogP contribution in [0.15, 0.2) is 12.2 Å². The van der Waals surface area contributed by atoms with Crippen molar-refractivity contribution in [1.29, 1.82) is 0 Å². The van der Waals surface area contributed by atoms with Crippen LogP contribution in [0, 0.1) is 40.4 Å². The van der Waals surface area contributed by atoms with Crippen LogP contribution < -0.4 is 0 Å². The van der Waals surface area contributed by atoms with E-state index in [-0.39, 0.29) is 47.9 Å². The second-order valence-electron chi connectivity index (χ2n) is 13.9.